The van der Waals surface area contributed by atoms with Crippen LogP contribution in [0.15, 0.2) is 18.2 Å². The molecule has 0 saturated carbocycles. The van der Waals surface area contributed by atoms with Crippen molar-refractivity contribution in [3.63, 3.8) is 0 Å². The van der Waals surface area contributed by atoms with Gasteiger partial charge in [0, 0.05) is 18.7 Å². The summed E-state index contributed by atoms with van der Waals surface area (Å²) in [6, 6.07) is 4.68. The van der Waals surface area contributed by atoms with Crippen LogP contribution in [0.3, 0.4) is 0 Å². The van der Waals surface area contributed by atoms with E-state index in [0.717, 1.165) is 0 Å². The standard InChI is InChI=1S/C15H18N2O4/c1-9(2)13-14(18)16-5-6-17(13)15(19)10-3-4-11-12(7-10)21-8-20-11/h3-4,7,9,13H,5-6,8H2,1-2H3,(H,16,18). The molecule has 1 fully saturated rings. The minimum absolute atomic E-state index is 0.0586. The van der Waals surface area contributed by atoms with E-state index in [9.17, 15) is 9.59 Å². The summed E-state index contributed by atoms with van der Waals surface area (Å²) in [7, 11) is 0. The summed E-state index contributed by atoms with van der Waals surface area (Å²) in [5.41, 5.74) is 0.514. The molecule has 2 amide bonds. The molecule has 2 heterocycles. The first kappa shape index (κ1) is 13.7. The quantitative estimate of drug-likeness (QED) is 0.882. The largest absolute Gasteiger partial charge is 0.454 e. The fourth-order valence-corrected chi connectivity index (χ4v) is 2.77. The maximum absolute atomic E-state index is 12.7. The Morgan fingerprint density at radius 2 is 2.10 bits per heavy atom. The molecule has 112 valence electrons. The molecule has 2 aliphatic heterocycles. The molecule has 1 N–H and O–H groups in total. The van der Waals surface area contributed by atoms with Gasteiger partial charge in [-0.05, 0) is 24.1 Å². The molecule has 0 bridgehead atoms. The van der Waals surface area contributed by atoms with Gasteiger partial charge in [-0.15, -0.1) is 0 Å². The van der Waals surface area contributed by atoms with E-state index in [4.69, 9.17) is 9.47 Å². The molecule has 0 aromatic heterocycles. The fraction of sp³-hybridized carbons (Fsp3) is 0.467. The van der Waals surface area contributed by atoms with E-state index in [1.54, 1.807) is 23.1 Å². The Morgan fingerprint density at radius 1 is 1.33 bits per heavy atom. The first-order valence-electron chi connectivity index (χ1n) is 7.06. The van der Waals surface area contributed by atoms with Crippen LogP contribution >= 0.6 is 0 Å². The zero-order chi connectivity index (χ0) is 15.0. The monoisotopic (exact) mass is 290 g/mol. The summed E-state index contributed by atoms with van der Waals surface area (Å²) in [5.74, 6) is 1.03. The maximum Gasteiger partial charge on any atom is 0.254 e. The average molecular weight is 290 g/mol. The van der Waals surface area contributed by atoms with Crippen molar-refractivity contribution in [2.45, 2.75) is 19.9 Å². The van der Waals surface area contributed by atoms with Crippen molar-refractivity contribution in [2.24, 2.45) is 5.92 Å². The topological polar surface area (TPSA) is 67.9 Å². The molecule has 1 saturated heterocycles. The van der Waals surface area contributed by atoms with Crippen LogP contribution in [0, 0.1) is 5.92 Å². The van der Waals surface area contributed by atoms with Gasteiger partial charge in [0.1, 0.15) is 6.04 Å². The van der Waals surface area contributed by atoms with Crippen molar-refractivity contribution < 1.29 is 19.1 Å². The van der Waals surface area contributed by atoms with Gasteiger partial charge in [-0.25, -0.2) is 0 Å². The first-order valence-corrected chi connectivity index (χ1v) is 7.06. The number of benzene rings is 1. The van der Waals surface area contributed by atoms with Crippen molar-refractivity contribution in [2.75, 3.05) is 19.9 Å². The normalized spacial score (nSPS) is 20.6. The van der Waals surface area contributed by atoms with E-state index in [-0.39, 0.29) is 24.5 Å². The summed E-state index contributed by atoms with van der Waals surface area (Å²) in [6.07, 6.45) is 0. The first-order chi connectivity index (χ1) is 10.1. The van der Waals surface area contributed by atoms with Gasteiger partial charge < -0.3 is 19.7 Å². The lowest BCUT2D eigenvalue weighted by molar-refractivity contribution is -0.129. The number of rotatable bonds is 2. The molecule has 3 rings (SSSR count). The minimum Gasteiger partial charge on any atom is -0.454 e. The van der Waals surface area contributed by atoms with Crippen LogP contribution in [0.4, 0.5) is 0 Å². The van der Waals surface area contributed by atoms with Crippen molar-refractivity contribution in [3.05, 3.63) is 23.8 Å². The predicted molar refractivity (Wildman–Crippen MR) is 75.2 cm³/mol. The highest BCUT2D eigenvalue weighted by atomic mass is 16.7. The number of hydrogen-bond acceptors (Lipinski definition) is 4. The Kier molecular flexibility index (Phi) is 3.45. The number of amides is 2. The van der Waals surface area contributed by atoms with Gasteiger partial charge in [0.25, 0.3) is 5.91 Å². The zero-order valence-corrected chi connectivity index (χ0v) is 12.1. The third-order valence-electron chi connectivity index (χ3n) is 3.77. The summed E-state index contributed by atoms with van der Waals surface area (Å²) in [6.45, 7) is 5.05. The molecule has 0 aliphatic carbocycles. The van der Waals surface area contributed by atoms with E-state index in [0.29, 0.717) is 30.2 Å². The molecule has 1 aromatic carbocycles. The summed E-state index contributed by atoms with van der Waals surface area (Å²) >= 11 is 0. The van der Waals surface area contributed by atoms with Gasteiger partial charge in [0.05, 0.1) is 0 Å². The molecular weight excluding hydrogens is 272 g/mol. The number of hydrogen-bond donors (Lipinski definition) is 1. The van der Waals surface area contributed by atoms with Crippen LogP contribution in [-0.4, -0.2) is 42.6 Å². The predicted octanol–water partition coefficient (Wildman–Crippen LogP) is 1.01. The lowest BCUT2D eigenvalue weighted by Gasteiger charge is -2.37. The van der Waals surface area contributed by atoms with Crippen molar-refractivity contribution in [1.29, 1.82) is 0 Å². The van der Waals surface area contributed by atoms with Gasteiger partial charge >= 0.3 is 0 Å². The second kappa shape index (κ2) is 5.27. The minimum atomic E-state index is -0.434. The molecule has 0 spiro atoms. The Balaban J connectivity index is 1.88. The van der Waals surface area contributed by atoms with Crippen LogP contribution in [0.25, 0.3) is 0 Å². The summed E-state index contributed by atoms with van der Waals surface area (Å²) in [4.78, 5) is 26.4. The van der Waals surface area contributed by atoms with Gasteiger partial charge in [-0.1, -0.05) is 13.8 Å². The molecule has 21 heavy (non-hydrogen) atoms. The number of ether oxygens (including phenoxy) is 2. The van der Waals surface area contributed by atoms with Crippen molar-refractivity contribution in [3.8, 4) is 11.5 Å². The fourth-order valence-electron chi connectivity index (χ4n) is 2.77. The van der Waals surface area contributed by atoms with Gasteiger partial charge in [-0.2, -0.15) is 0 Å². The molecule has 2 aliphatic rings. The molecule has 6 nitrogen and oxygen atoms in total. The van der Waals surface area contributed by atoms with Gasteiger partial charge in [0.2, 0.25) is 12.7 Å². The number of nitrogens with zero attached hydrogens (tertiary/aromatic N) is 1. The SMILES string of the molecule is CC(C)C1C(=O)NCCN1C(=O)c1ccc2c(c1)OCO2. The molecule has 6 heteroatoms. The number of nitrogens with one attached hydrogen (secondary N) is 1. The zero-order valence-electron chi connectivity index (χ0n) is 12.1. The highest BCUT2D eigenvalue weighted by Gasteiger charge is 2.35. The molecule has 1 unspecified atom stereocenters. The highest BCUT2D eigenvalue weighted by Crippen LogP contribution is 2.33. The number of piperazine rings is 1. The molecular formula is C15H18N2O4. The lowest BCUT2D eigenvalue weighted by Crippen LogP contribution is -2.59. The third kappa shape index (κ3) is 2.41. The summed E-state index contributed by atoms with van der Waals surface area (Å²) in [5, 5.41) is 2.81. The molecule has 0 radical (unpaired) electrons. The average Bonchev–Trinajstić information content (AvgIpc) is 2.93. The van der Waals surface area contributed by atoms with Crippen LogP contribution in [0.5, 0.6) is 11.5 Å². The molecule has 1 aromatic rings. The Bertz CT molecular complexity index is 585. The van der Waals surface area contributed by atoms with Gasteiger partial charge in [0.15, 0.2) is 11.5 Å². The van der Waals surface area contributed by atoms with E-state index in [1.807, 2.05) is 13.8 Å². The lowest BCUT2D eigenvalue weighted by atomic mass is 9.98. The number of carbonyl (C=O) groups excluding carboxylic acids is 2. The smallest absolute Gasteiger partial charge is 0.254 e. The third-order valence-corrected chi connectivity index (χ3v) is 3.77. The van der Waals surface area contributed by atoms with Crippen LogP contribution in [0.1, 0.15) is 24.2 Å². The van der Waals surface area contributed by atoms with Crippen molar-refractivity contribution in [1.82, 2.24) is 10.2 Å². The van der Waals surface area contributed by atoms with Crippen LogP contribution in [-0.2, 0) is 4.79 Å². The molecule has 1 atom stereocenters. The maximum atomic E-state index is 12.7. The van der Waals surface area contributed by atoms with E-state index < -0.39 is 6.04 Å². The van der Waals surface area contributed by atoms with Crippen molar-refractivity contribution >= 4 is 11.8 Å². The van der Waals surface area contributed by atoms with E-state index >= 15 is 0 Å². The Labute approximate surface area is 123 Å². The summed E-state index contributed by atoms with van der Waals surface area (Å²) < 4.78 is 10.5. The Morgan fingerprint density at radius 3 is 2.86 bits per heavy atom. The van der Waals surface area contributed by atoms with E-state index in [1.165, 1.54) is 0 Å². The number of fused-ring (bicyclic) bond motifs is 1. The number of carbonyl (C=O) groups is 2. The second-order valence-corrected chi connectivity index (χ2v) is 5.55. The second-order valence-electron chi connectivity index (χ2n) is 5.55. The van der Waals surface area contributed by atoms with Crippen LogP contribution in [0.2, 0.25) is 0 Å². The Hall–Kier alpha value is -2.24. The van der Waals surface area contributed by atoms with Crippen LogP contribution < -0.4 is 14.8 Å². The highest BCUT2D eigenvalue weighted by molar-refractivity contribution is 5.98. The van der Waals surface area contributed by atoms with E-state index in [2.05, 4.69) is 5.32 Å². The van der Waals surface area contributed by atoms with Gasteiger partial charge in [-0.3, -0.25) is 9.59 Å².